The smallest absolute Gasteiger partial charge is 0.0953 e. The number of aliphatic hydroxyl groups excluding tert-OH is 1. The van der Waals surface area contributed by atoms with Crippen LogP contribution in [0.1, 0.15) is 34.3 Å². The summed E-state index contributed by atoms with van der Waals surface area (Å²) in [4.78, 5) is 5.94. The molecule has 0 bridgehead atoms. The molecule has 84 valence electrons. The van der Waals surface area contributed by atoms with E-state index in [0.29, 0.717) is 12.3 Å². The number of rotatable bonds is 3. The Morgan fingerprint density at radius 1 is 1.47 bits per heavy atom. The lowest BCUT2D eigenvalue weighted by molar-refractivity contribution is 0.0845. The predicted molar refractivity (Wildman–Crippen MR) is 60.4 cm³/mol. The van der Waals surface area contributed by atoms with Crippen LogP contribution in [0.2, 0.25) is 0 Å². The summed E-state index contributed by atoms with van der Waals surface area (Å²) in [6.07, 6.45) is 2.86. The normalized spacial score (nSPS) is 18.3. The fourth-order valence-corrected chi connectivity index (χ4v) is 3.02. The topological polar surface area (TPSA) is 42.4 Å². The number of hydrogen-bond donors (Lipinski definition) is 1. The summed E-state index contributed by atoms with van der Waals surface area (Å²) in [5.41, 5.74) is 1.24. The molecule has 3 nitrogen and oxygen atoms in total. The van der Waals surface area contributed by atoms with Gasteiger partial charge in [0.2, 0.25) is 0 Å². The molecular weight excluding hydrogens is 210 g/mol. The van der Waals surface area contributed by atoms with Crippen LogP contribution in [-0.4, -0.2) is 29.9 Å². The van der Waals surface area contributed by atoms with Crippen molar-refractivity contribution >= 4 is 11.3 Å². The Morgan fingerprint density at radius 3 is 2.87 bits per heavy atom. The van der Waals surface area contributed by atoms with Crippen molar-refractivity contribution in [3.8, 4) is 0 Å². The van der Waals surface area contributed by atoms with Gasteiger partial charge in [-0.15, -0.1) is 11.3 Å². The molecule has 0 atom stereocenters. The van der Waals surface area contributed by atoms with Crippen LogP contribution >= 0.6 is 11.3 Å². The summed E-state index contributed by atoms with van der Waals surface area (Å²) in [5.74, 6) is 0.572. The Labute approximate surface area is 94.1 Å². The second-order valence-corrected chi connectivity index (χ2v) is 5.20. The summed E-state index contributed by atoms with van der Waals surface area (Å²) in [6, 6.07) is 0. The van der Waals surface area contributed by atoms with Gasteiger partial charge >= 0.3 is 0 Å². The Kier molecular flexibility index (Phi) is 3.72. The molecule has 4 heteroatoms. The SMILES string of the molecule is Cc1sc(CCO)nc1C1CCOCC1. The van der Waals surface area contributed by atoms with Crippen LogP contribution in [0.3, 0.4) is 0 Å². The maximum Gasteiger partial charge on any atom is 0.0953 e. The van der Waals surface area contributed by atoms with Crippen molar-refractivity contribution in [3.05, 3.63) is 15.6 Å². The number of thiazole rings is 1. The molecule has 0 aliphatic carbocycles. The molecule has 1 aromatic rings. The Morgan fingerprint density at radius 2 is 2.20 bits per heavy atom. The van der Waals surface area contributed by atoms with Gasteiger partial charge in [0.05, 0.1) is 10.7 Å². The molecule has 1 aliphatic heterocycles. The number of ether oxygens (including phenoxy) is 1. The second kappa shape index (κ2) is 5.05. The average molecular weight is 227 g/mol. The van der Waals surface area contributed by atoms with E-state index in [-0.39, 0.29) is 6.61 Å². The minimum Gasteiger partial charge on any atom is -0.396 e. The highest BCUT2D eigenvalue weighted by atomic mass is 32.1. The molecule has 0 aromatic carbocycles. The summed E-state index contributed by atoms with van der Waals surface area (Å²) in [6.45, 7) is 4.04. The number of aromatic nitrogens is 1. The zero-order chi connectivity index (χ0) is 10.7. The van der Waals surface area contributed by atoms with Gasteiger partial charge in [0, 0.05) is 37.0 Å². The van der Waals surface area contributed by atoms with Gasteiger partial charge in [-0.25, -0.2) is 4.98 Å². The number of hydrogen-bond acceptors (Lipinski definition) is 4. The summed E-state index contributed by atoms with van der Waals surface area (Å²) in [5, 5.41) is 9.94. The van der Waals surface area contributed by atoms with E-state index in [1.54, 1.807) is 11.3 Å². The van der Waals surface area contributed by atoms with Crippen LogP contribution in [0.15, 0.2) is 0 Å². The van der Waals surface area contributed by atoms with E-state index >= 15 is 0 Å². The van der Waals surface area contributed by atoms with E-state index in [2.05, 4.69) is 11.9 Å². The van der Waals surface area contributed by atoms with Crippen molar-refractivity contribution in [3.63, 3.8) is 0 Å². The maximum absolute atomic E-state index is 8.88. The highest BCUT2D eigenvalue weighted by Gasteiger charge is 2.21. The third kappa shape index (κ3) is 2.56. The average Bonchev–Trinajstić information content (AvgIpc) is 2.61. The molecule has 0 saturated carbocycles. The molecular formula is C11H17NO2S. The van der Waals surface area contributed by atoms with Crippen molar-refractivity contribution in [2.45, 2.75) is 32.1 Å². The van der Waals surface area contributed by atoms with Crippen LogP contribution < -0.4 is 0 Å². The Bertz CT molecular complexity index is 318. The minimum atomic E-state index is 0.195. The van der Waals surface area contributed by atoms with Crippen molar-refractivity contribution in [1.29, 1.82) is 0 Å². The van der Waals surface area contributed by atoms with E-state index in [9.17, 15) is 0 Å². The zero-order valence-corrected chi connectivity index (χ0v) is 9.85. The fourth-order valence-electron chi connectivity index (χ4n) is 2.02. The molecule has 1 saturated heterocycles. The van der Waals surface area contributed by atoms with Crippen molar-refractivity contribution in [2.24, 2.45) is 0 Å². The molecule has 1 aromatic heterocycles. The molecule has 15 heavy (non-hydrogen) atoms. The van der Waals surface area contributed by atoms with Crippen LogP contribution in [0.4, 0.5) is 0 Å². The molecule has 1 aliphatic rings. The first kappa shape index (κ1) is 11.0. The third-order valence-electron chi connectivity index (χ3n) is 2.81. The first-order chi connectivity index (χ1) is 7.31. The van der Waals surface area contributed by atoms with Gasteiger partial charge in [-0.3, -0.25) is 0 Å². The molecule has 0 spiro atoms. The van der Waals surface area contributed by atoms with E-state index in [1.807, 2.05) is 0 Å². The van der Waals surface area contributed by atoms with Gasteiger partial charge in [0.25, 0.3) is 0 Å². The first-order valence-electron chi connectivity index (χ1n) is 5.46. The molecule has 0 amide bonds. The lowest BCUT2D eigenvalue weighted by Gasteiger charge is -2.20. The lowest BCUT2D eigenvalue weighted by atomic mass is 9.96. The summed E-state index contributed by atoms with van der Waals surface area (Å²) >= 11 is 1.72. The lowest BCUT2D eigenvalue weighted by Crippen LogP contribution is -2.15. The van der Waals surface area contributed by atoms with Gasteiger partial charge in [0.1, 0.15) is 0 Å². The van der Waals surface area contributed by atoms with E-state index in [1.165, 1.54) is 10.6 Å². The summed E-state index contributed by atoms with van der Waals surface area (Å²) in [7, 11) is 0. The summed E-state index contributed by atoms with van der Waals surface area (Å²) < 4.78 is 5.35. The Balaban J connectivity index is 2.11. The number of aliphatic hydroxyl groups is 1. The van der Waals surface area contributed by atoms with E-state index < -0.39 is 0 Å². The fraction of sp³-hybridized carbons (Fsp3) is 0.727. The van der Waals surface area contributed by atoms with Gasteiger partial charge in [-0.2, -0.15) is 0 Å². The monoisotopic (exact) mass is 227 g/mol. The molecule has 0 unspecified atom stereocenters. The van der Waals surface area contributed by atoms with Crippen LogP contribution in [-0.2, 0) is 11.2 Å². The first-order valence-corrected chi connectivity index (χ1v) is 6.27. The van der Waals surface area contributed by atoms with Crippen molar-refractivity contribution in [1.82, 2.24) is 4.98 Å². The standard InChI is InChI=1S/C11H17NO2S/c1-8-11(9-3-6-14-7-4-9)12-10(15-8)2-5-13/h9,13H,2-7H2,1H3. The quantitative estimate of drug-likeness (QED) is 0.857. The Hall–Kier alpha value is -0.450. The maximum atomic E-state index is 8.88. The number of aryl methyl sites for hydroxylation is 1. The molecule has 1 fully saturated rings. The van der Waals surface area contributed by atoms with Gasteiger partial charge in [-0.05, 0) is 19.8 Å². The predicted octanol–water partition coefficient (Wildman–Crippen LogP) is 1.88. The zero-order valence-electron chi connectivity index (χ0n) is 9.03. The largest absolute Gasteiger partial charge is 0.396 e. The van der Waals surface area contributed by atoms with Crippen LogP contribution in [0.25, 0.3) is 0 Å². The second-order valence-electron chi connectivity index (χ2n) is 3.91. The minimum absolute atomic E-state index is 0.195. The van der Waals surface area contributed by atoms with E-state index in [4.69, 9.17) is 9.84 Å². The van der Waals surface area contributed by atoms with Crippen molar-refractivity contribution in [2.75, 3.05) is 19.8 Å². The third-order valence-corrected chi connectivity index (χ3v) is 3.86. The molecule has 0 radical (unpaired) electrons. The number of nitrogens with zero attached hydrogens (tertiary/aromatic N) is 1. The molecule has 2 heterocycles. The van der Waals surface area contributed by atoms with Crippen molar-refractivity contribution < 1.29 is 9.84 Å². The van der Waals surface area contributed by atoms with Crippen LogP contribution in [0, 0.1) is 6.92 Å². The van der Waals surface area contributed by atoms with E-state index in [0.717, 1.165) is 31.1 Å². The van der Waals surface area contributed by atoms with Gasteiger partial charge < -0.3 is 9.84 Å². The van der Waals surface area contributed by atoms with Crippen LogP contribution in [0.5, 0.6) is 0 Å². The van der Waals surface area contributed by atoms with Gasteiger partial charge in [-0.1, -0.05) is 0 Å². The molecule has 2 rings (SSSR count). The van der Waals surface area contributed by atoms with Gasteiger partial charge in [0.15, 0.2) is 0 Å². The highest BCUT2D eigenvalue weighted by Crippen LogP contribution is 2.31. The molecule has 1 N–H and O–H groups in total. The highest BCUT2D eigenvalue weighted by molar-refractivity contribution is 7.11.